The Bertz CT molecular complexity index is 877. The normalized spacial score (nSPS) is 13.8. The van der Waals surface area contributed by atoms with Gasteiger partial charge in [-0.2, -0.15) is 4.98 Å². The Morgan fingerprint density at radius 1 is 1.25 bits per heavy atom. The molecule has 24 heavy (non-hydrogen) atoms. The number of nitrogens with one attached hydrogen (secondary N) is 1. The van der Waals surface area contributed by atoms with Crippen molar-refractivity contribution in [2.45, 2.75) is 6.42 Å². The monoisotopic (exact) mass is 324 g/mol. The van der Waals surface area contributed by atoms with E-state index in [1.807, 2.05) is 0 Å². The molecule has 122 valence electrons. The van der Waals surface area contributed by atoms with Crippen LogP contribution < -0.4 is 21.7 Å². The maximum Gasteiger partial charge on any atom is 0.358 e. The van der Waals surface area contributed by atoms with Gasteiger partial charge in [-0.15, -0.1) is 0 Å². The van der Waals surface area contributed by atoms with Crippen LogP contribution in [0.25, 0.3) is 5.82 Å². The second-order valence-electron chi connectivity index (χ2n) is 5.00. The summed E-state index contributed by atoms with van der Waals surface area (Å²) in [5.74, 6) is 5.92. The van der Waals surface area contributed by atoms with Crippen molar-refractivity contribution in [3.63, 3.8) is 0 Å². The number of fused-ring (bicyclic) bond motifs is 2. The molecule has 2 heterocycles. The number of nitrogens with two attached hydrogens (primary N) is 1. The highest BCUT2D eigenvalue weighted by Crippen LogP contribution is 2.27. The molecule has 4 rings (SSSR count). The highest BCUT2D eigenvalue weighted by molar-refractivity contribution is 5.49. The van der Waals surface area contributed by atoms with Crippen LogP contribution in [0.1, 0.15) is 6.42 Å². The highest BCUT2D eigenvalue weighted by atomic mass is 16.5. The van der Waals surface area contributed by atoms with Crippen LogP contribution in [0.5, 0.6) is 5.75 Å². The van der Waals surface area contributed by atoms with Crippen LogP contribution in [0.3, 0.4) is 0 Å². The van der Waals surface area contributed by atoms with Crippen molar-refractivity contribution < 1.29 is 4.74 Å². The van der Waals surface area contributed by atoms with E-state index in [1.165, 1.54) is 35.6 Å². The third-order valence-electron chi connectivity index (χ3n) is 3.46. The molecule has 2 aromatic heterocycles. The Balaban J connectivity index is 0.000000198. The molecule has 0 unspecified atom stereocenters. The lowest BCUT2D eigenvalue weighted by atomic mass is 10.3. The number of pyridine rings is 1. The first-order valence-corrected chi connectivity index (χ1v) is 7.21. The number of allylic oxidation sites excluding steroid dienone is 6. The van der Waals surface area contributed by atoms with E-state index in [-0.39, 0.29) is 5.95 Å². The zero-order valence-electron chi connectivity index (χ0n) is 13.0. The molecule has 0 fully saturated rings. The summed E-state index contributed by atoms with van der Waals surface area (Å²) in [6, 6.07) is 3.38. The van der Waals surface area contributed by atoms with Crippen molar-refractivity contribution in [3.8, 4) is 11.6 Å². The summed E-state index contributed by atoms with van der Waals surface area (Å²) < 4.78 is 6.26. The Hall–Kier alpha value is -3.26. The van der Waals surface area contributed by atoms with E-state index in [0.29, 0.717) is 11.6 Å². The zero-order chi connectivity index (χ0) is 16.9. The molecule has 2 aromatic rings. The number of hydrogen-bond donors (Lipinski definition) is 2. The number of rotatable bonds is 3. The molecular weight excluding hydrogens is 308 g/mol. The van der Waals surface area contributed by atoms with Gasteiger partial charge in [0, 0.05) is 6.20 Å². The molecule has 2 aliphatic carbocycles. The molecule has 2 bridgehead atoms. The van der Waals surface area contributed by atoms with Crippen molar-refractivity contribution in [1.82, 2.24) is 19.5 Å². The van der Waals surface area contributed by atoms with E-state index in [2.05, 4.69) is 44.7 Å². The predicted molar refractivity (Wildman–Crippen MR) is 89.7 cm³/mol. The van der Waals surface area contributed by atoms with Gasteiger partial charge in [-0.05, 0) is 29.7 Å². The number of anilines is 1. The number of nitrogens with zero attached hydrogens (tertiary/aromatic N) is 4. The van der Waals surface area contributed by atoms with Gasteiger partial charge in [0.15, 0.2) is 11.6 Å². The first-order chi connectivity index (χ1) is 11.7. The highest BCUT2D eigenvalue weighted by Gasteiger charge is 2.09. The zero-order valence-corrected chi connectivity index (χ0v) is 13.0. The van der Waals surface area contributed by atoms with Crippen molar-refractivity contribution in [2.75, 3.05) is 12.5 Å². The van der Waals surface area contributed by atoms with E-state index in [0.717, 1.165) is 0 Å². The fraction of sp³-hybridized carbons (Fsp3) is 0.125. The maximum atomic E-state index is 11.7. The van der Waals surface area contributed by atoms with Gasteiger partial charge in [-0.1, -0.05) is 24.3 Å². The number of nitrogen functional groups attached to an aromatic ring is 1. The van der Waals surface area contributed by atoms with Gasteiger partial charge in [0.1, 0.15) is 6.33 Å². The van der Waals surface area contributed by atoms with Crippen LogP contribution in [-0.4, -0.2) is 26.6 Å². The third kappa shape index (κ3) is 3.23. The molecular formula is C16H16N6O2. The minimum absolute atomic E-state index is 0.0427. The quantitative estimate of drug-likeness (QED) is 0.643. The molecule has 3 N–H and O–H groups in total. The molecule has 0 saturated heterocycles. The largest absolute Gasteiger partial charge is 0.493 e. The van der Waals surface area contributed by atoms with E-state index < -0.39 is 5.69 Å². The third-order valence-corrected chi connectivity index (χ3v) is 3.46. The molecule has 0 amide bonds. The second-order valence-corrected chi connectivity index (χ2v) is 5.00. The van der Waals surface area contributed by atoms with Gasteiger partial charge in [0.05, 0.1) is 7.11 Å². The summed E-state index contributed by atoms with van der Waals surface area (Å²) in [7, 11) is 1.49. The maximum absolute atomic E-state index is 11.7. The van der Waals surface area contributed by atoms with Gasteiger partial charge in [0.2, 0.25) is 5.95 Å². The van der Waals surface area contributed by atoms with E-state index >= 15 is 0 Å². The Labute approximate surface area is 138 Å². The molecule has 0 aromatic carbocycles. The van der Waals surface area contributed by atoms with Crippen LogP contribution in [0.2, 0.25) is 0 Å². The lowest BCUT2D eigenvalue weighted by Gasteiger charge is -2.08. The molecule has 8 heteroatoms. The number of ether oxygens (including phenoxy) is 1. The van der Waals surface area contributed by atoms with E-state index in [1.54, 1.807) is 18.3 Å². The summed E-state index contributed by atoms with van der Waals surface area (Å²) in [5.41, 5.74) is 4.57. The molecule has 0 radical (unpaired) electrons. The van der Waals surface area contributed by atoms with Crippen molar-refractivity contribution in [2.24, 2.45) is 5.84 Å². The predicted octanol–water partition coefficient (Wildman–Crippen LogP) is 1.13. The second kappa shape index (κ2) is 6.88. The minimum Gasteiger partial charge on any atom is -0.493 e. The van der Waals surface area contributed by atoms with Crippen LogP contribution in [-0.2, 0) is 0 Å². The smallest absolute Gasteiger partial charge is 0.358 e. The van der Waals surface area contributed by atoms with Gasteiger partial charge in [-0.3, -0.25) is 5.43 Å². The number of methoxy groups -OCH3 is 1. The first-order valence-electron chi connectivity index (χ1n) is 7.21. The van der Waals surface area contributed by atoms with E-state index in [9.17, 15) is 4.79 Å². The Kier molecular flexibility index (Phi) is 4.48. The fourth-order valence-corrected chi connectivity index (χ4v) is 2.28. The summed E-state index contributed by atoms with van der Waals surface area (Å²) in [4.78, 5) is 23.2. The first kappa shape index (κ1) is 15.6. The summed E-state index contributed by atoms with van der Waals surface area (Å²) in [6.45, 7) is 0. The van der Waals surface area contributed by atoms with Crippen molar-refractivity contribution in [1.29, 1.82) is 0 Å². The topological polar surface area (TPSA) is 108 Å². The summed E-state index contributed by atoms with van der Waals surface area (Å²) >= 11 is 0. The van der Waals surface area contributed by atoms with Gasteiger partial charge in [0.25, 0.3) is 0 Å². The van der Waals surface area contributed by atoms with Crippen molar-refractivity contribution >= 4 is 5.95 Å². The van der Waals surface area contributed by atoms with Crippen LogP contribution in [0, 0.1) is 0 Å². The molecule has 2 aliphatic rings. The van der Waals surface area contributed by atoms with E-state index in [4.69, 9.17) is 10.6 Å². The molecule has 0 aliphatic heterocycles. The molecule has 8 nitrogen and oxygen atoms in total. The molecule has 0 atom stereocenters. The number of hydrogen-bond acceptors (Lipinski definition) is 7. The van der Waals surface area contributed by atoms with Crippen LogP contribution >= 0.6 is 0 Å². The molecule has 0 saturated carbocycles. The fourth-order valence-electron chi connectivity index (χ4n) is 2.28. The molecule has 0 spiro atoms. The van der Waals surface area contributed by atoms with Gasteiger partial charge < -0.3 is 4.74 Å². The lowest BCUT2D eigenvalue weighted by molar-refractivity contribution is 0.410. The Morgan fingerprint density at radius 2 is 2.00 bits per heavy atom. The van der Waals surface area contributed by atoms with Crippen LogP contribution in [0.15, 0.2) is 64.9 Å². The number of aromatic nitrogens is 4. The summed E-state index contributed by atoms with van der Waals surface area (Å²) in [5, 5.41) is 0. The minimum atomic E-state index is -0.551. The van der Waals surface area contributed by atoms with Crippen molar-refractivity contribution in [3.05, 3.63) is 70.6 Å². The lowest BCUT2D eigenvalue weighted by Crippen LogP contribution is -2.25. The Morgan fingerprint density at radius 3 is 2.50 bits per heavy atom. The average Bonchev–Trinajstić information content (AvgIpc) is 3.28. The SMILES string of the molecule is C1=CC2=CC=C1C2.COc1cccnc1-n1cnc(NN)nc1=O. The van der Waals surface area contributed by atoms with Crippen LogP contribution in [0.4, 0.5) is 5.95 Å². The number of hydrazine groups is 1. The standard InChI is InChI=1S/C9H10N6O2.C7H6/c1-17-6-3-2-4-11-7(6)15-5-12-8(14-10)13-9(15)16;1-2-7-4-3-6(1)5-7/h2-5H,10H2,1H3,(H,13,14,16);1-4H,5H2. The van der Waals surface area contributed by atoms with Gasteiger partial charge >= 0.3 is 5.69 Å². The average molecular weight is 324 g/mol. The van der Waals surface area contributed by atoms with Gasteiger partial charge in [-0.25, -0.2) is 25.2 Å². The summed E-state index contributed by atoms with van der Waals surface area (Å²) in [6.07, 6.45) is 12.7.